The Hall–Kier alpha value is -3.53. The van der Waals surface area contributed by atoms with Crippen LogP contribution in [0.25, 0.3) is 11.0 Å². The fourth-order valence-electron chi connectivity index (χ4n) is 3.12. The van der Waals surface area contributed by atoms with Crippen molar-refractivity contribution < 1.29 is 14.3 Å². The number of ether oxygens (including phenoxy) is 2. The topological polar surface area (TPSA) is 128 Å². The first-order chi connectivity index (χ1) is 14.6. The molecule has 1 fully saturated rings. The van der Waals surface area contributed by atoms with Crippen LogP contribution in [0.4, 0.5) is 0 Å². The quantitative estimate of drug-likeness (QED) is 0.524. The van der Waals surface area contributed by atoms with Gasteiger partial charge in [0, 0.05) is 37.7 Å². The van der Waals surface area contributed by atoms with E-state index >= 15 is 0 Å². The minimum absolute atomic E-state index is 0.0473. The lowest BCUT2D eigenvalue weighted by Crippen LogP contribution is -2.31. The van der Waals surface area contributed by atoms with E-state index in [1.165, 1.54) is 16.8 Å². The summed E-state index contributed by atoms with van der Waals surface area (Å²) >= 11 is 0. The third-order valence-corrected chi connectivity index (χ3v) is 4.77. The Labute approximate surface area is 170 Å². The van der Waals surface area contributed by atoms with Gasteiger partial charge in [-0.05, 0) is 25.0 Å². The molecule has 0 bridgehead atoms. The number of fused-ring (bicyclic) bond motifs is 1. The smallest absolute Gasteiger partial charge is 0.330 e. The molecule has 10 heteroatoms. The van der Waals surface area contributed by atoms with Gasteiger partial charge in [0.05, 0.1) is 17.6 Å². The van der Waals surface area contributed by atoms with E-state index in [1.54, 1.807) is 25.4 Å². The van der Waals surface area contributed by atoms with E-state index in [1.807, 2.05) is 0 Å². The first kappa shape index (κ1) is 19.8. The number of amides is 1. The molecule has 1 saturated carbocycles. The Morgan fingerprint density at radius 1 is 1.30 bits per heavy atom. The molecule has 10 nitrogen and oxygen atoms in total. The van der Waals surface area contributed by atoms with Crippen LogP contribution in [0.1, 0.15) is 34.8 Å². The van der Waals surface area contributed by atoms with Crippen molar-refractivity contribution in [2.45, 2.75) is 25.4 Å². The molecule has 0 spiro atoms. The van der Waals surface area contributed by atoms with Gasteiger partial charge < -0.3 is 14.8 Å². The number of hydrogen-bond acceptors (Lipinski definition) is 7. The highest BCUT2D eigenvalue weighted by Gasteiger charge is 2.27. The number of nitrogens with one attached hydrogen (secondary N) is 2. The van der Waals surface area contributed by atoms with Crippen molar-refractivity contribution in [3.8, 4) is 5.88 Å². The van der Waals surface area contributed by atoms with Crippen LogP contribution in [0.3, 0.4) is 0 Å². The number of carbonyl (C=O) groups excluding carboxylic acids is 1. The van der Waals surface area contributed by atoms with Gasteiger partial charge in [-0.3, -0.25) is 19.1 Å². The summed E-state index contributed by atoms with van der Waals surface area (Å²) in [6.07, 6.45) is 4.71. The van der Waals surface area contributed by atoms with Gasteiger partial charge in [-0.15, -0.1) is 0 Å². The Morgan fingerprint density at radius 2 is 2.13 bits per heavy atom. The minimum atomic E-state index is -0.560. The molecule has 3 aromatic heterocycles. The van der Waals surface area contributed by atoms with Crippen LogP contribution in [0.15, 0.2) is 40.2 Å². The van der Waals surface area contributed by atoms with Crippen LogP contribution in [-0.2, 0) is 11.3 Å². The summed E-state index contributed by atoms with van der Waals surface area (Å²) in [6, 6.07) is 5.05. The number of hydrogen-bond donors (Lipinski definition) is 2. The molecule has 1 amide bonds. The van der Waals surface area contributed by atoms with E-state index in [-0.39, 0.29) is 23.5 Å². The summed E-state index contributed by atoms with van der Waals surface area (Å²) < 4.78 is 12.0. The van der Waals surface area contributed by atoms with Crippen LogP contribution < -0.4 is 21.3 Å². The second-order valence-electron chi connectivity index (χ2n) is 6.95. The minimum Gasteiger partial charge on any atom is -0.475 e. The molecule has 0 saturated heterocycles. The third-order valence-electron chi connectivity index (χ3n) is 4.77. The fraction of sp³-hybridized carbons (Fsp3) is 0.350. The average molecular weight is 411 g/mol. The SMILES string of the molecule is COCCOc1ncccc1CNC(=O)c1cnc2c(c1)c(=O)[nH]c(=O)n2C1CC1. The number of H-pyrrole nitrogens is 1. The van der Waals surface area contributed by atoms with Crippen molar-refractivity contribution in [2.75, 3.05) is 20.3 Å². The van der Waals surface area contributed by atoms with Gasteiger partial charge in [0.15, 0.2) is 0 Å². The van der Waals surface area contributed by atoms with E-state index < -0.39 is 17.2 Å². The standard InChI is InChI=1S/C20H21N5O5/c1-29-7-8-30-19-12(3-2-6-21-19)10-23-17(26)13-9-15-16(22-11-13)25(14-4-5-14)20(28)24-18(15)27/h2-3,6,9,11,14H,4-5,7-8,10H2,1H3,(H,23,26)(H,24,27,28). The molecule has 4 rings (SSSR count). The summed E-state index contributed by atoms with van der Waals surface area (Å²) in [7, 11) is 1.58. The van der Waals surface area contributed by atoms with Crippen molar-refractivity contribution in [3.05, 3.63) is 62.6 Å². The molecule has 0 aliphatic heterocycles. The lowest BCUT2D eigenvalue weighted by molar-refractivity contribution is 0.0950. The van der Waals surface area contributed by atoms with Crippen molar-refractivity contribution in [2.24, 2.45) is 0 Å². The van der Waals surface area contributed by atoms with Gasteiger partial charge in [0.2, 0.25) is 5.88 Å². The highest BCUT2D eigenvalue weighted by Crippen LogP contribution is 2.34. The molecule has 0 aromatic carbocycles. The number of methoxy groups -OCH3 is 1. The lowest BCUT2D eigenvalue weighted by atomic mass is 10.2. The summed E-state index contributed by atoms with van der Waals surface area (Å²) in [5.41, 5.74) is 0.187. The summed E-state index contributed by atoms with van der Waals surface area (Å²) in [6.45, 7) is 0.949. The fourth-order valence-corrected chi connectivity index (χ4v) is 3.12. The van der Waals surface area contributed by atoms with Gasteiger partial charge in [0.1, 0.15) is 12.3 Å². The molecule has 1 aliphatic rings. The predicted octanol–water partition coefficient (Wildman–Crippen LogP) is 0.770. The number of nitrogens with zero attached hydrogens (tertiary/aromatic N) is 3. The zero-order chi connectivity index (χ0) is 21.1. The van der Waals surface area contributed by atoms with Crippen molar-refractivity contribution in [3.63, 3.8) is 0 Å². The van der Waals surface area contributed by atoms with Crippen LogP contribution >= 0.6 is 0 Å². The molecule has 3 heterocycles. The second kappa shape index (κ2) is 8.46. The van der Waals surface area contributed by atoms with E-state index in [0.717, 1.165) is 12.8 Å². The van der Waals surface area contributed by atoms with Crippen molar-refractivity contribution >= 4 is 16.9 Å². The molecular formula is C20H21N5O5. The van der Waals surface area contributed by atoms with Crippen LogP contribution in [0, 0.1) is 0 Å². The van der Waals surface area contributed by atoms with Gasteiger partial charge in [-0.25, -0.2) is 14.8 Å². The predicted molar refractivity (Wildman–Crippen MR) is 108 cm³/mol. The summed E-state index contributed by atoms with van der Waals surface area (Å²) in [4.78, 5) is 47.7. The third kappa shape index (κ3) is 4.08. The van der Waals surface area contributed by atoms with E-state index in [4.69, 9.17) is 9.47 Å². The van der Waals surface area contributed by atoms with Crippen LogP contribution in [-0.4, -0.2) is 45.7 Å². The van der Waals surface area contributed by atoms with Crippen LogP contribution in [0.2, 0.25) is 0 Å². The molecule has 156 valence electrons. The first-order valence-corrected chi connectivity index (χ1v) is 9.57. The van der Waals surface area contributed by atoms with Gasteiger partial charge >= 0.3 is 5.69 Å². The second-order valence-corrected chi connectivity index (χ2v) is 6.95. The van der Waals surface area contributed by atoms with Gasteiger partial charge in [0.25, 0.3) is 11.5 Å². The monoisotopic (exact) mass is 411 g/mol. The zero-order valence-corrected chi connectivity index (χ0v) is 16.4. The van der Waals surface area contributed by atoms with Crippen molar-refractivity contribution in [1.29, 1.82) is 0 Å². The maximum Gasteiger partial charge on any atom is 0.330 e. The molecule has 1 aliphatic carbocycles. The molecule has 2 N–H and O–H groups in total. The van der Waals surface area contributed by atoms with E-state index in [2.05, 4.69) is 20.3 Å². The summed E-state index contributed by atoms with van der Waals surface area (Å²) in [5.74, 6) is 0.0102. The van der Waals surface area contributed by atoms with E-state index in [0.29, 0.717) is 30.3 Å². The molecule has 30 heavy (non-hydrogen) atoms. The molecule has 3 aromatic rings. The Morgan fingerprint density at radius 3 is 2.90 bits per heavy atom. The molecule has 0 unspecified atom stereocenters. The van der Waals surface area contributed by atoms with Crippen LogP contribution in [0.5, 0.6) is 5.88 Å². The van der Waals surface area contributed by atoms with Gasteiger partial charge in [-0.2, -0.15) is 0 Å². The highest BCUT2D eigenvalue weighted by atomic mass is 16.5. The highest BCUT2D eigenvalue weighted by molar-refractivity contribution is 5.96. The summed E-state index contributed by atoms with van der Waals surface area (Å²) in [5, 5.41) is 2.99. The number of pyridine rings is 2. The lowest BCUT2D eigenvalue weighted by Gasteiger charge is -2.11. The largest absolute Gasteiger partial charge is 0.475 e. The van der Waals surface area contributed by atoms with E-state index in [9.17, 15) is 14.4 Å². The maximum absolute atomic E-state index is 12.6. The Kier molecular flexibility index (Phi) is 5.57. The molecule has 0 radical (unpaired) electrons. The number of rotatable bonds is 8. The normalized spacial score (nSPS) is 13.4. The number of carbonyl (C=O) groups is 1. The molecule has 0 atom stereocenters. The molecular weight excluding hydrogens is 390 g/mol. The van der Waals surface area contributed by atoms with Crippen molar-refractivity contribution in [1.82, 2.24) is 24.8 Å². The maximum atomic E-state index is 12.6. The first-order valence-electron chi connectivity index (χ1n) is 9.57. The zero-order valence-electron chi connectivity index (χ0n) is 16.4. The number of aromatic nitrogens is 4. The average Bonchev–Trinajstić information content (AvgIpc) is 3.58. The van der Waals surface area contributed by atoms with Gasteiger partial charge in [-0.1, -0.05) is 6.07 Å². The number of aromatic amines is 1. The Bertz CT molecular complexity index is 1200. The Balaban J connectivity index is 1.53.